The summed E-state index contributed by atoms with van der Waals surface area (Å²) in [6, 6.07) is 5.71. The predicted octanol–water partition coefficient (Wildman–Crippen LogP) is -0.401. The molecule has 1 rings (SSSR count). The zero-order chi connectivity index (χ0) is 28.0. The minimum Gasteiger partial charge on any atom is -0.481 e. The Morgan fingerprint density at radius 3 is 2.08 bits per heavy atom. The summed E-state index contributed by atoms with van der Waals surface area (Å²) in [5.74, 6) is -4.54. The SMILES string of the molecule is CC(C)(CCCc1ccc(NC(=O)[C@H](CCC(=O)O)NC(=O)CNC(=O)CNC(=O)CN)cc1)C(=O)O. The third-order valence-corrected chi connectivity index (χ3v) is 5.44. The van der Waals surface area contributed by atoms with Crippen molar-refractivity contribution in [1.82, 2.24) is 16.0 Å². The van der Waals surface area contributed by atoms with Crippen LogP contribution in [0.1, 0.15) is 45.1 Å². The molecule has 0 bridgehead atoms. The maximum absolute atomic E-state index is 12.7. The Kier molecular flexibility index (Phi) is 12.7. The molecule has 0 aliphatic rings. The predicted molar refractivity (Wildman–Crippen MR) is 133 cm³/mol. The van der Waals surface area contributed by atoms with Gasteiger partial charge in [0.1, 0.15) is 6.04 Å². The van der Waals surface area contributed by atoms with Crippen molar-refractivity contribution in [2.45, 2.75) is 52.0 Å². The largest absolute Gasteiger partial charge is 0.481 e. The summed E-state index contributed by atoms with van der Waals surface area (Å²) >= 11 is 0. The second-order valence-electron chi connectivity index (χ2n) is 9.04. The Labute approximate surface area is 214 Å². The second-order valence-corrected chi connectivity index (χ2v) is 9.04. The van der Waals surface area contributed by atoms with Crippen molar-refractivity contribution in [2.24, 2.45) is 11.1 Å². The van der Waals surface area contributed by atoms with Crippen LogP contribution in [0.3, 0.4) is 0 Å². The summed E-state index contributed by atoms with van der Waals surface area (Å²) in [5, 5.41) is 27.7. The lowest BCUT2D eigenvalue weighted by atomic mass is 9.87. The topological polar surface area (TPSA) is 217 Å². The molecular formula is C24H35N5O8. The minimum absolute atomic E-state index is 0.176. The van der Waals surface area contributed by atoms with Gasteiger partial charge in [-0.15, -0.1) is 0 Å². The third-order valence-electron chi connectivity index (χ3n) is 5.44. The van der Waals surface area contributed by atoms with E-state index in [1.807, 2.05) is 0 Å². The standard InChI is InChI=1S/C24H35N5O8/c1-24(2,23(36)37)11-3-4-15-5-7-16(8-6-15)28-22(35)17(9-10-21(33)34)29-20(32)14-27-19(31)13-26-18(30)12-25/h5-8,17H,3-4,9-14,25H2,1-2H3,(H,26,30)(H,27,31)(H,28,35)(H,29,32)(H,33,34)(H,36,37)/t17-/m0/s1. The van der Waals surface area contributed by atoms with Gasteiger partial charge in [-0.05, 0) is 57.2 Å². The fourth-order valence-electron chi connectivity index (χ4n) is 3.10. The first-order valence-electron chi connectivity index (χ1n) is 11.7. The number of aliphatic carboxylic acids is 2. The number of nitrogens with one attached hydrogen (secondary N) is 4. The molecule has 0 aromatic heterocycles. The van der Waals surface area contributed by atoms with Gasteiger partial charge in [-0.2, -0.15) is 0 Å². The highest BCUT2D eigenvalue weighted by Crippen LogP contribution is 2.24. The van der Waals surface area contributed by atoms with Crippen LogP contribution in [0, 0.1) is 5.41 Å². The number of aryl methyl sites for hydroxylation is 1. The Bertz CT molecular complexity index is 978. The van der Waals surface area contributed by atoms with Crippen LogP contribution in [0.4, 0.5) is 5.69 Å². The third kappa shape index (κ3) is 12.5. The number of carboxylic acids is 2. The van der Waals surface area contributed by atoms with E-state index in [0.717, 1.165) is 5.56 Å². The molecule has 204 valence electrons. The van der Waals surface area contributed by atoms with Crippen molar-refractivity contribution in [2.75, 3.05) is 25.0 Å². The second kappa shape index (κ2) is 15.2. The molecule has 0 spiro atoms. The molecule has 37 heavy (non-hydrogen) atoms. The Balaban J connectivity index is 2.65. The van der Waals surface area contributed by atoms with E-state index < -0.39 is 53.6 Å². The molecule has 1 aromatic carbocycles. The van der Waals surface area contributed by atoms with Crippen LogP contribution >= 0.6 is 0 Å². The highest BCUT2D eigenvalue weighted by atomic mass is 16.4. The van der Waals surface area contributed by atoms with E-state index in [2.05, 4.69) is 21.3 Å². The van der Waals surface area contributed by atoms with Crippen molar-refractivity contribution in [1.29, 1.82) is 0 Å². The summed E-state index contributed by atoms with van der Waals surface area (Å²) in [5.41, 5.74) is 5.68. The molecule has 13 nitrogen and oxygen atoms in total. The van der Waals surface area contributed by atoms with Crippen LogP contribution < -0.4 is 27.0 Å². The summed E-state index contributed by atoms with van der Waals surface area (Å²) in [4.78, 5) is 69.9. The van der Waals surface area contributed by atoms with Gasteiger partial charge in [0.2, 0.25) is 23.6 Å². The molecule has 0 heterocycles. The van der Waals surface area contributed by atoms with Crippen molar-refractivity contribution in [3.05, 3.63) is 29.8 Å². The molecule has 0 aliphatic carbocycles. The van der Waals surface area contributed by atoms with Crippen LogP contribution in [0.25, 0.3) is 0 Å². The lowest BCUT2D eigenvalue weighted by Crippen LogP contribution is -2.48. The van der Waals surface area contributed by atoms with Crippen molar-refractivity contribution < 1.29 is 39.0 Å². The molecule has 0 saturated heterocycles. The van der Waals surface area contributed by atoms with Crippen molar-refractivity contribution in [3.63, 3.8) is 0 Å². The van der Waals surface area contributed by atoms with Gasteiger partial charge < -0.3 is 37.2 Å². The van der Waals surface area contributed by atoms with Crippen LogP contribution in [0.2, 0.25) is 0 Å². The Morgan fingerprint density at radius 2 is 1.51 bits per heavy atom. The molecule has 13 heteroatoms. The first-order valence-corrected chi connectivity index (χ1v) is 11.7. The Hall–Kier alpha value is -4.00. The smallest absolute Gasteiger partial charge is 0.309 e. The molecule has 1 atom stereocenters. The normalized spacial score (nSPS) is 11.6. The lowest BCUT2D eigenvalue weighted by molar-refractivity contribution is -0.147. The number of nitrogens with two attached hydrogens (primary N) is 1. The number of carbonyl (C=O) groups excluding carboxylic acids is 4. The van der Waals surface area contributed by atoms with Gasteiger partial charge in [-0.25, -0.2) is 0 Å². The maximum atomic E-state index is 12.7. The summed E-state index contributed by atoms with van der Waals surface area (Å²) in [6.45, 7) is 2.19. The number of benzene rings is 1. The van der Waals surface area contributed by atoms with Gasteiger partial charge in [0.05, 0.1) is 25.0 Å². The van der Waals surface area contributed by atoms with E-state index in [1.165, 1.54) is 0 Å². The van der Waals surface area contributed by atoms with E-state index in [4.69, 9.17) is 10.8 Å². The monoisotopic (exact) mass is 521 g/mol. The first-order chi connectivity index (χ1) is 17.3. The molecule has 0 fully saturated rings. The zero-order valence-corrected chi connectivity index (χ0v) is 21.0. The minimum atomic E-state index is -1.17. The average Bonchev–Trinajstić information content (AvgIpc) is 2.84. The number of carbonyl (C=O) groups is 6. The van der Waals surface area contributed by atoms with Crippen molar-refractivity contribution >= 4 is 41.3 Å². The van der Waals surface area contributed by atoms with Crippen molar-refractivity contribution in [3.8, 4) is 0 Å². The number of hydrogen-bond donors (Lipinski definition) is 7. The molecule has 0 radical (unpaired) electrons. The van der Waals surface area contributed by atoms with Crippen LogP contribution in [0.5, 0.6) is 0 Å². The van der Waals surface area contributed by atoms with Crippen LogP contribution in [0.15, 0.2) is 24.3 Å². The van der Waals surface area contributed by atoms with Gasteiger partial charge in [0, 0.05) is 12.1 Å². The number of carboxylic acid groups (broad SMARTS) is 2. The fraction of sp³-hybridized carbons (Fsp3) is 0.500. The van der Waals surface area contributed by atoms with Gasteiger partial charge in [-0.1, -0.05) is 12.1 Å². The van der Waals surface area contributed by atoms with E-state index in [1.54, 1.807) is 38.1 Å². The van der Waals surface area contributed by atoms with Gasteiger partial charge in [-0.3, -0.25) is 28.8 Å². The van der Waals surface area contributed by atoms with Gasteiger partial charge in [0.15, 0.2) is 0 Å². The van der Waals surface area contributed by atoms with E-state index in [0.29, 0.717) is 24.9 Å². The molecule has 4 amide bonds. The average molecular weight is 522 g/mol. The molecule has 1 aromatic rings. The number of amides is 4. The summed E-state index contributed by atoms with van der Waals surface area (Å²) < 4.78 is 0. The number of rotatable bonds is 16. The molecule has 0 saturated carbocycles. The molecule has 0 aliphatic heterocycles. The van der Waals surface area contributed by atoms with E-state index in [9.17, 15) is 33.9 Å². The Morgan fingerprint density at radius 1 is 0.919 bits per heavy atom. The van der Waals surface area contributed by atoms with Gasteiger partial charge >= 0.3 is 11.9 Å². The molecule has 8 N–H and O–H groups in total. The zero-order valence-electron chi connectivity index (χ0n) is 21.0. The summed E-state index contributed by atoms with van der Waals surface area (Å²) in [6.07, 6.45) is 1.29. The molecular weight excluding hydrogens is 486 g/mol. The van der Waals surface area contributed by atoms with Crippen LogP contribution in [-0.4, -0.2) is 71.5 Å². The molecule has 0 unspecified atom stereocenters. The maximum Gasteiger partial charge on any atom is 0.309 e. The lowest BCUT2D eigenvalue weighted by Gasteiger charge is -2.19. The van der Waals surface area contributed by atoms with E-state index in [-0.39, 0.29) is 25.9 Å². The van der Waals surface area contributed by atoms with Crippen LogP contribution in [-0.2, 0) is 35.2 Å². The highest BCUT2D eigenvalue weighted by Gasteiger charge is 2.26. The number of hydrogen-bond acceptors (Lipinski definition) is 7. The quantitative estimate of drug-likeness (QED) is 0.150. The first kappa shape index (κ1) is 31.0. The van der Waals surface area contributed by atoms with Gasteiger partial charge in [0.25, 0.3) is 0 Å². The van der Waals surface area contributed by atoms with E-state index >= 15 is 0 Å². The summed E-state index contributed by atoms with van der Waals surface area (Å²) in [7, 11) is 0. The fourth-order valence-corrected chi connectivity index (χ4v) is 3.10. The number of anilines is 1. The highest BCUT2D eigenvalue weighted by molar-refractivity contribution is 5.98.